The summed E-state index contributed by atoms with van der Waals surface area (Å²) in [5, 5.41) is 2.70. The van der Waals surface area contributed by atoms with Crippen molar-refractivity contribution in [3.8, 4) is 0 Å². The summed E-state index contributed by atoms with van der Waals surface area (Å²) in [7, 11) is -3.93. The van der Waals surface area contributed by atoms with Crippen LogP contribution in [0, 0.1) is 12.7 Å². The lowest BCUT2D eigenvalue weighted by Crippen LogP contribution is -2.43. The van der Waals surface area contributed by atoms with Crippen LogP contribution in [0.3, 0.4) is 0 Å². The molecule has 2 N–H and O–H groups in total. The minimum absolute atomic E-state index is 0.100. The van der Waals surface area contributed by atoms with E-state index in [2.05, 4.69) is 26.0 Å². The van der Waals surface area contributed by atoms with Crippen LogP contribution in [0.5, 0.6) is 0 Å². The van der Waals surface area contributed by atoms with E-state index in [4.69, 9.17) is 0 Å². The van der Waals surface area contributed by atoms with Crippen molar-refractivity contribution in [1.82, 2.24) is 4.72 Å². The number of hydrogen-bond donors (Lipinski definition) is 2. The van der Waals surface area contributed by atoms with Crippen molar-refractivity contribution >= 4 is 37.5 Å². The molecule has 0 aliphatic carbocycles. The average Bonchev–Trinajstić information content (AvgIpc) is 2.55. The van der Waals surface area contributed by atoms with Crippen LogP contribution < -0.4 is 10.0 Å². The highest BCUT2D eigenvalue weighted by molar-refractivity contribution is 9.10. The zero-order valence-corrected chi connectivity index (χ0v) is 16.1. The quantitative estimate of drug-likeness (QED) is 0.737. The van der Waals surface area contributed by atoms with E-state index in [1.54, 1.807) is 13.0 Å². The van der Waals surface area contributed by atoms with Crippen LogP contribution in [0.15, 0.2) is 51.8 Å². The summed E-state index contributed by atoms with van der Waals surface area (Å²) in [5.41, 5.74) is 1.57. The van der Waals surface area contributed by atoms with Crippen LogP contribution in [0.1, 0.15) is 18.9 Å². The molecule has 0 radical (unpaired) electrons. The molecule has 0 heterocycles. The normalized spacial score (nSPS) is 12.6. The molecule has 0 saturated heterocycles. The largest absolute Gasteiger partial charge is 0.324 e. The first-order valence-electron chi connectivity index (χ1n) is 7.58. The molecule has 134 valence electrons. The first-order chi connectivity index (χ1) is 11.7. The summed E-state index contributed by atoms with van der Waals surface area (Å²) < 4.78 is 40.7. The summed E-state index contributed by atoms with van der Waals surface area (Å²) in [6, 6.07) is 8.88. The van der Waals surface area contributed by atoms with Gasteiger partial charge in [0.2, 0.25) is 15.9 Å². The second-order valence-electron chi connectivity index (χ2n) is 5.51. The number of carbonyl (C=O) groups is 1. The molecule has 0 bridgehead atoms. The highest BCUT2D eigenvalue weighted by Gasteiger charge is 2.24. The molecule has 1 atom stereocenters. The van der Waals surface area contributed by atoms with Gasteiger partial charge in [-0.2, -0.15) is 4.72 Å². The molecule has 2 aromatic carbocycles. The van der Waals surface area contributed by atoms with Crippen LogP contribution in [0.2, 0.25) is 0 Å². The van der Waals surface area contributed by atoms with Crippen molar-refractivity contribution in [1.29, 1.82) is 0 Å². The van der Waals surface area contributed by atoms with E-state index < -0.39 is 27.8 Å². The third-order valence-electron chi connectivity index (χ3n) is 3.53. The number of benzene rings is 2. The van der Waals surface area contributed by atoms with Gasteiger partial charge in [0, 0.05) is 4.47 Å². The van der Waals surface area contributed by atoms with Crippen LogP contribution in [0.25, 0.3) is 0 Å². The topological polar surface area (TPSA) is 75.3 Å². The molecule has 0 saturated carbocycles. The van der Waals surface area contributed by atoms with Crippen LogP contribution in [0.4, 0.5) is 10.1 Å². The lowest BCUT2D eigenvalue weighted by Gasteiger charge is -2.17. The Balaban J connectivity index is 2.15. The van der Waals surface area contributed by atoms with E-state index in [1.807, 2.05) is 19.1 Å². The molecule has 1 amide bonds. The van der Waals surface area contributed by atoms with Gasteiger partial charge in [0.25, 0.3) is 0 Å². The molecule has 0 aliphatic heterocycles. The SMILES string of the molecule is CCC(NS(=O)(=O)c1ccc(F)cc1)C(=O)Nc1ccc(C)cc1Br. The minimum Gasteiger partial charge on any atom is -0.324 e. The number of aryl methyl sites for hydroxylation is 1. The Labute approximate surface area is 154 Å². The van der Waals surface area contributed by atoms with Crippen molar-refractivity contribution < 1.29 is 17.6 Å². The van der Waals surface area contributed by atoms with Crippen molar-refractivity contribution in [3.63, 3.8) is 0 Å². The zero-order chi connectivity index (χ0) is 18.6. The Morgan fingerprint density at radius 1 is 1.20 bits per heavy atom. The fourth-order valence-electron chi connectivity index (χ4n) is 2.13. The zero-order valence-electron chi connectivity index (χ0n) is 13.7. The molecule has 5 nitrogen and oxygen atoms in total. The smallest absolute Gasteiger partial charge is 0.242 e. The number of sulfonamides is 1. The summed E-state index contributed by atoms with van der Waals surface area (Å²) in [6.07, 6.45) is 0.260. The van der Waals surface area contributed by atoms with Crippen molar-refractivity contribution in [2.75, 3.05) is 5.32 Å². The average molecular weight is 429 g/mol. The first-order valence-corrected chi connectivity index (χ1v) is 9.85. The lowest BCUT2D eigenvalue weighted by molar-refractivity contribution is -0.117. The Hall–Kier alpha value is -1.77. The summed E-state index contributed by atoms with van der Waals surface area (Å²) in [4.78, 5) is 12.3. The van der Waals surface area contributed by atoms with Gasteiger partial charge in [0.05, 0.1) is 10.6 Å². The van der Waals surface area contributed by atoms with Crippen molar-refractivity contribution in [2.45, 2.75) is 31.2 Å². The minimum atomic E-state index is -3.93. The highest BCUT2D eigenvalue weighted by Crippen LogP contribution is 2.23. The van der Waals surface area contributed by atoms with E-state index in [0.29, 0.717) is 10.2 Å². The Morgan fingerprint density at radius 3 is 2.40 bits per heavy atom. The number of amides is 1. The summed E-state index contributed by atoms with van der Waals surface area (Å²) in [5.74, 6) is -1.01. The van der Waals surface area contributed by atoms with Gasteiger partial charge in [0.1, 0.15) is 11.9 Å². The molecule has 2 rings (SSSR count). The van der Waals surface area contributed by atoms with Crippen LogP contribution in [-0.4, -0.2) is 20.4 Å². The fourth-order valence-corrected chi connectivity index (χ4v) is 4.00. The Bertz CT molecular complexity index is 870. The highest BCUT2D eigenvalue weighted by atomic mass is 79.9. The molecule has 0 fully saturated rings. The van der Waals surface area contributed by atoms with Gasteiger partial charge in [-0.25, -0.2) is 12.8 Å². The molecule has 8 heteroatoms. The number of rotatable bonds is 6. The number of carbonyl (C=O) groups excluding carboxylic acids is 1. The first kappa shape index (κ1) is 19.6. The van der Waals surface area contributed by atoms with Gasteiger partial charge in [-0.15, -0.1) is 0 Å². The van der Waals surface area contributed by atoms with E-state index >= 15 is 0 Å². The van der Waals surface area contributed by atoms with E-state index in [1.165, 1.54) is 0 Å². The van der Waals surface area contributed by atoms with Gasteiger partial charge < -0.3 is 5.32 Å². The van der Waals surface area contributed by atoms with Gasteiger partial charge in [-0.3, -0.25) is 4.79 Å². The van der Waals surface area contributed by atoms with Crippen LogP contribution in [-0.2, 0) is 14.8 Å². The standard InChI is InChI=1S/C17H18BrFN2O3S/c1-3-15(17(22)20-16-9-4-11(2)10-14(16)18)21-25(23,24)13-7-5-12(19)6-8-13/h4-10,15,21H,3H2,1-2H3,(H,20,22). The molecule has 25 heavy (non-hydrogen) atoms. The van der Waals surface area contributed by atoms with Gasteiger partial charge >= 0.3 is 0 Å². The van der Waals surface area contributed by atoms with Crippen molar-refractivity contribution in [3.05, 3.63) is 58.3 Å². The summed E-state index contributed by atoms with van der Waals surface area (Å²) in [6.45, 7) is 3.61. The molecule has 0 aromatic heterocycles. The monoisotopic (exact) mass is 428 g/mol. The Kier molecular flexibility index (Phi) is 6.31. The lowest BCUT2D eigenvalue weighted by atomic mass is 10.2. The molecular formula is C17H18BrFN2O3S. The van der Waals surface area contributed by atoms with E-state index in [9.17, 15) is 17.6 Å². The third kappa shape index (κ3) is 5.10. The second-order valence-corrected chi connectivity index (χ2v) is 8.08. The van der Waals surface area contributed by atoms with Crippen LogP contribution >= 0.6 is 15.9 Å². The van der Waals surface area contributed by atoms with Gasteiger partial charge in [0.15, 0.2) is 0 Å². The maximum atomic E-state index is 13.0. The number of nitrogens with one attached hydrogen (secondary N) is 2. The number of hydrogen-bond acceptors (Lipinski definition) is 3. The maximum Gasteiger partial charge on any atom is 0.242 e. The summed E-state index contributed by atoms with van der Waals surface area (Å²) >= 11 is 3.36. The third-order valence-corrected chi connectivity index (χ3v) is 5.67. The molecule has 0 spiro atoms. The molecule has 2 aromatic rings. The van der Waals surface area contributed by atoms with Gasteiger partial charge in [-0.1, -0.05) is 13.0 Å². The predicted molar refractivity (Wildman–Crippen MR) is 98.3 cm³/mol. The van der Waals surface area contributed by atoms with Crippen molar-refractivity contribution in [2.24, 2.45) is 0 Å². The fraction of sp³-hybridized carbons (Fsp3) is 0.235. The van der Waals surface area contributed by atoms with E-state index in [0.717, 1.165) is 29.8 Å². The van der Waals surface area contributed by atoms with Gasteiger partial charge in [-0.05, 0) is 71.2 Å². The van der Waals surface area contributed by atoms with E-state index in [-0.39, 0.29) is 11.3 Å². The molecular weight excluding hydrogens is 411 g/mol. The maximum absolute atomic E-state index is 13.0. The molecule has 0 aliphatic rings. The Morgan fingerprint density at radius 2 is 1.84 bits per heavy atom. The second kappa shape index (κ2) is 8.07. The number of anilines is 1. The predicted octanol–water partition coefficient (Wildman–Crippen LogP) is 3.59. The molecule has 1 unspecified atom stereocenters. The number of halogens is 2.